The molecule has 1 aliphatic rings. The Morgan fingerprint density at radius 1 is 1.50 bits per heavy atom. The first-order chi connectivity index (χ1) is 9.45. The molecule has 4 nitrogen and oxygen atoms in total. The van der Waals surface area contributed by atoms with E-state index in [1.807, 2.05) is 0 Å². The van der Waals surface area contributed by atoms with Crippen molar-refractivity contribution in [2.45, 2.75) is 13.5 Å². The highest BCUT2D eigenvalue weighted by atomic mass is 35.5. The number of hydrazone groups is 1. The first-order valence-corrected chi connectivity index (χ1v) is 7.26. The lowest BCUT2D eigenvalue weighted by Gasteiger charge is -2.20. The van der Waals surface area contributed by atoms with Gasteiger partial charge in [-0.1, -0.05) is 11.6 Å². The van der Waals surface area contributed by atoms with Crippen molar-refractivity contribution >= 4 is 56.9 Å². The Bertz CT molecular complexity index is 754. The number of alkyl halides is 2. The zero-order valence-corrected chi connectivity index (χ0v) is 12.6. The van der Waals surface area contributed by atoms with Gasteiger partial charge >= 0.3 is 6.55 Å². The van der Waals surface area contributed by atoms with Crippen molar-refractivity contribution in [3.8, 4) is 0 Å². The number of anilines is 1. The second-order valence-electron chi connectivity index (χ2n) is 4.25. The van der Waals surface area contributed by atoms with E-state index in [-0.39, 0.29) is 12.5 Å². The van der Waals surface area contributed by atoms with Gasteiger partial charge in [-0.2, -0.15) is 13.9 Å². The standard InChI is InChI=1S/C11H9ClF2N4S2/c1-5-16-18(4-17(5)10(13)14)8-3-7-9(2-6(8)12)20-11(19)15-7/h2-3,10H,4H2,1H3,(H,15,19). The van der Waals surface area contributed by atoms with Crippen molar-refractivity contribution < 1.29 is 8.78 Å². The maximum absolute atomic E-state index is 12.8. The maximum Gasteiger partial charge on any atom is 0.317 e. The summed E-state index contributed by atoms with van der Waals surface area (Å²) >= 11 is 12.7. The van der Waals surface area contributed by atoms with Crippen LogP contribution in [0.2, 0.25) is 5.02 Å². The fourth-order valence-corrected chi connectivity index (χ4v) is 3.46. The molecule has 0 unspecified atom stereocenters. The van der Waals surface area contributed by atoms with Crippen LogP contribution in [-0.2, 0) is 0 Å². The van der Waals surface area contributed by atoms with Gasteiger partial charge in [-0.05, 0) is 31.3 Å². The van der Waals surface area contributed by atoms with E-state index < -0.39 is 6.55 Å². The van der Waals surface area contributed by atoms with Crippen LogP contribution < -0.4 is 5.01 Å². The average molecular weight is 335 g/mol. The molecule has 0 spiro atoms. The smallest absolute Gasteiger partial charge is 0.317 e. The molecular weight excluding hydrogens is 326 g/mol. The molecule has 1 aromatic heterocycles. The van der Waals surface area contributed by atoms with E-state index in [0.717, 1.165) is 15.1 Å². The molecule has 1 aliphatic heterocycles. The van der Waals surface area contributed by atoms with Crippen LogP contribution in [0.3, 0.4) is 0 Å². The minimum absolute atomic E-state index is 0.0282. The number of benzene rings is 1. The summed E-state index contributed by atoms with van der Waals surface area (Å²) in [6, 6.07) is 3.54. The van der Waals surface area contributed by atoms with Gasteiger partial charge < -0.3 is 4.98 Å². The normalized spacial score (nSPS) is 15.6. The van der Waals surface area contributed by atoms with E-state index in [0.29, 0.717) is 14.7 Å². The highest BCUT2D eigenvalue weighted by molar-refractivity contribution is 7.73. The Morgan fingerprint density at radius 3 is 2.90 bits per heavy atom. The number of thiazole rings is 1. The number of amidine groups is 1. The van der Waals surface area contributed by atoms with Crippen LogP contribution in [-0.4, -0.2) is 28.9 Å². The molecule has 0 bridgehead atoms. The minimum Gasteiger partial charge on any atom is -0.337 e. The molecule has 0 saturated heterocycles. The molecule has 0 fully saturated rings. The fraction of sp³-hybridized carbons (Fsp3) is 0.273. The van der Waals surface area contributed by atoms with Crippen molar-refractivity contribution in [3.05, 3.63) is 21.1 Å². The van der Waals surface area contributed by atoms with Crippen LogP contribution >= 0.6 is 35.2 Å². The van der Waals surface area contributed by atoms with E-state index in [9.17, 15) is 8.78 Å². The predicted molar refractivity (Wildman–Crippen MR) is 80.3 cm³/mol. The van der Waals surface area contributed by atoms with Crippen LogP contribution in [0, 0.1) is 3.95 Å². The molecule has 0 radical (unpaired) electrons. The highest BCUT2D eigenvalue weighted by Crippen LogP contribution is 2.34. The summed E-state index contributed by atoms with van der Waals surface area (Å²) < 4.78 is 27.2. The molecule has 106 valence electrons. The zero-order valence-electron chi connectivity index (χ0n) is 10.2. The number of rotatable bonds is 2. The number of H-pyrrole nitrogens is 1. The first-order valence-electron chi connectivity index (χ1n) is 5.65. The second kappa shape index (κ2) is 4.94. The molecule has 0 amide bonds. The van der Waals surface area contributed by atoms with Crippen molar-refractivity contribution in [2.24, 2.45) is 5.10 Å². The summed E-state index contributed by atoms with van der Waals surface area (Å²) in [4.78, 5) is 3.93. The molecule has 1 aromatic carbocycles. The predicted octanol–water partition coefficient (Wildman–Crippen LogP) is 4.25. The first kappa shape index (κ1) is 13.7. The molecule has 1 N–H and O–H groups in total. The summed E-state index contributed by atoms with van der Waals surface area (Å²) in [5, 5.41) is 6.02. The quantitative estimate of drug-likeness (QED) is 0.658. The van der Waals surface area contributed by atoms with Gasteiger partial charge in [0.25, 0.3) is 0 Å². The Labute approximate surface area is 127 Å². The van der Waals surface area contributed by atoms with Crippen LogP contribution in [0.15, 0.2) is 17.2 Å². The Balaban J connectivity index is 2.03. The molecular formula is C11H9ClF2N4S2. The molecule has 0 atom stereocenters. The van der Waals surface area contributed by atoms with Crippen molar-refractivity contribution in [1.82, 2.24) is 9.88 Å². The number of nitrogens with one attached hydrogen (secondary N) is 1. The number of hydrogen-bond donors (Lipinski definition) is 1. The number of hydrogen-bond acceptors (Lipinski definition) is 5. The zero-order chi connectivity index (χ0) is 14.4. The third-order valence-corrected chi connectivity index (χ3v) is 4.47. The monoisotopic (exact) mass is 334 g/mol. The lowest BCUT2D eigenvalue weighted by molar-refractivity contribution is 0.0268. The lowest BCUT2D eigenvalue weighted by atomic mass is 10.3. The summed E-state index contributed by atoms with van der Waals surface area (Å²) in [5.74, 6) is 0.259. The molecule has 2 heterocycles. The summed E-state index contributed by atoms with van der Waals surface area (Å²) in [6.45, 7) is -1.07. The third-order valence-electron chi connectivity index (χ3n) is 2.97. The molecule has 0 saturated carbocycles. The third kappa shape index (κ3) is 2.27. The molecule has 0 aliphatic carbocycles. The molecule has 2 aromatic rings. The van der Waals surface area contributed by atoms with Gasteiger partial charge in [-0.15, -0.1) is 11.3 Å². The van der Waals surface area contributed by atoms with Crippen molar-refractivity contribution in [2.75, 3.05) is 11.7 Å². The fourth-order valence-electron chi connectivity index (χ4n) is 2.00. The van der Waals surface area contributed by atoms with Gasteiger partial charge in [0.1, 0.15) is 12.5 Å². The Hall–Kier alpha value is -1.25. The molecule has 20 heavy (non-hydrogen) atoms. The largest absolute Gasteiger partial charge is 0.337 e. The van der Waals surface area contributed by atoms with Crippen LogP contribution in [0.5, 0.6) is 0 Å². The van der Waals surface area contributed by atoms with E-state index in [2.05, 4.69) is 10.1 Å². The number of nitrogens with zero attached hydrogens (tertiary/aromatic N) is 3. The minimum atomic E-state index is -2.58. The Kier molecular flexibility index (Phi) is 3.39. The van der Waals surface area contributed by atoms with Gasteiger partial charge in [0, 0.05) is 0 Å². The van der Waals surface area contributed by atoms with Crippen LogP contribution in [0.25, 0.3) is 10.2 Å². The summed E-state index contributed by atoms with van der Waals surface area (Å²) in [7, 11) is 0. The Morgan fingerprint density at radius 2 is 2.25 bits per heavy atom. The van der Waals surface area contributed by atoms with Gasteiger partial charge in [0.15, 0.2) is 3.95 Å². The van der Waals surface area contributed by atoms with E-state index in [4.69, 9.17) is 23.8 Å². The average Bonchev–Trinajstić information content (AvgIpc) is 2.90. The van der Waals surface area contributed by atoms with E-state index >= 15 is 0 Å². The van der Waals surface area contributed by atoms with Gasteiger partial charge in [0.05, 0.1) is 20.9 Å². The van der Waals surface area contributed by atoms with Gasteiger partial charge in [-0.25, -0.2) is 5.01 Å². The SMILES string of the molecule is CC1=NN(c2cc3[nH]c(=S)sc3cc2Cl)CN1C(F)F. The van der Waals surface area contributed by atoms with Gasteiger partial charge in [0.2, 0.25) is 0 Å². The van der Waals surface area contributed by atoms with Crippen LogP contribution in [0.1, 0.15) is 6.92 Å². The molecule has 3 rings (SSSR count). The van der Waals surface area contributed by atoms with E-state index in [1.165, 1.54) is 23.3 Å². The summed E-state index contributed by atoms with van der Waals surface area (Å²) in [6.07, 6.45) is 0. The number of fused-ring (bicyclic) bond motifs is 1. The van der Waals surface area contributed by atoms with Crippen LogP contribution in [0.4, 0.5) is 14.5 Å². The topological polar surface area (TPSA) is 34.6 Å². The number of aromatic amines is 1. The van der Waals surface area contributed by atoms with E-state index in [1.54, 1.807) is 12.1 Å². The number of aromatic nitrogens is 1. The number of halogens is 3. The van der Waals surface area contributed by atoms with Crippen molar-refractivity contribution in [3.63, 3.8) is 0 Å². The highest BCUT2D eigenvalue weighted by Gasteiger charge is 2.28. The summed E-state index contributed by atoms with van der Waals surface area (Å²) in [5.41, 5.74) is 1.40. The van der Waals surface area contributed by atoms with Gasteiger partial charge in [-0.3, -0.25) is 4.90 Å². The second-order valence-corrected chi connectivity index (χ2v) is 6.38. The molecule has 9 heteroatoms. The van der Waals surface area contributed by atoms with Crippen molar-refractivity contribution in [1.29, 1.82) is 0 Å². The lowest BCUT2D eigenvalue weighted by Crippen LogP contribution is -2.34. The maximum atomic E-state index is 12.8.